The summed E-state index contributed by atoms with van der Waals surface area (Å²) in [7, 11) is 1.71. The molecular formula is C14H18N2O. The third-order valence-electron chi connectivity index (χ3n) is 3.34. The Hall–Kier alpha value is -1.48. The minimum absolute atomic E-state index is 0.789. The summed E-state index contributed by atoms with van der Waals surface area (Å²) in [5.41, 5.74) is 1.28. The highest BCUT2D eigenvalue weighted by Crippen LogP contribution is 2.22. The number of aromatic nitrogens is 1. The van der Waals surface area contributed by atoms with Crippen LogP contribution in [-0.4, -0.2) is 24.3 Å². The van der Waals surface area contributed by atoms with E-state index in [4.69, 9.17) is 4.74 Å². The average molecular weight is 230 g/mol. The summed E-state index contributed by atoms with van der Waals surface area (Å²) >= 11 is 0. The fourth-order valence-corrected chi connectivity index (χ4v) is 2.18. The molecule has 0 atom stereocenters. The van der Waals surface area contributed by atoms with E-state index in [9.17, 15) is 0 Å². The van der Waals surface area contributed by atoms with E-state index in [1.54, 1.807) is 7.11 Å². The van der Waals surface area contributed by atoms with Crippen LogP contribution in [0, 0.1) is 0 Å². The zero-order chi connectivity index (χ0) is 11.7. The first-order valence-corrected chi connectivity index (χ1v) is 6.23. The maximum atomic E-state index is 5.23. The molecule has 0 aliphatic heterocycles. The van der Waals surface area contributed by atoms with Gasteiger partial charge in [0.1, 0.15) is 5.75 Å². The highest BCUT2D eigenvalue weighted by atomic mass is 16.5. The van der Waals surface area contributed by atoms with Crippen LogP contribution in [0.15, 0.2) is 30.5 Å². The second-order valence-electron chi connectivity index (χ2n) is 4.66. The van der Waals surface area contributed by atoms with Crippen LogP contribution in [-0.2, 0) is 6.54 Å². The van der Waals surface area contributed by atoms with Gasteiger partial charge in [-0.15, -0.1) is 0 Å². The quantitative estimate of drug-likeness (QED) is 0.853. The number of fused-ring (bicyclic) bond motifs is 1. The summed E-state index contributed by atoms with van der Waals surface area (Å²) in [4.78, 5) is 0. The lowest BCUT2D eigenvalue weighted by molar-refractivity contribution is 0.415. The Kier molecular flexibility index (Phi) is 2.77. The lowest BCUT2D eigenvalue weighted by Crippen LogP contribution is -2.21. The monoisotopic (exact) mass is 230 g/mol. The van der Waals surface area contributed by atoms with Crippen molar-refractivity contribution < 1.29 is 4.74 Å². The summed E-state index contributed by atoms with van der Waals surface area (Å²) in [6.45, 7) is 2.09. The molecule has 1 N–H and O–H groups in total. The molecule has 0 spiro atoms. The molecule has 1 aromatic heterocycles. The second kappa shape index (κ2) is 4.41. The predicted molar refractivity (Wildman–Crippen MR) is 69.5 cm³/mol. The third-order valence-corrected chi connectivity index (χ3v) is 3.34. The van der Waals surface area contributed by atoms with Gasteiger partial charge in [-0.2, -0.15) is 0 Å². The molecule has 3 rings (SSSR count). The molecule has 0 radical (unpaired) electrons. The van der Waals surface area contributed by atoms with E-state index in [1.807, 2.05) is 6.07 Å². The Labute approximate surface area is 101 Å². The van der Waals surface area contributed by atoms with Crippen molar-refractivity contribution in [3.63, 3.8) is 0 Å². The molecule has 17 heavy (non-hydrogen) atoms. The number of nitrogens with one attached hydrogen (secondary N) is 1. The van der Waals surface area contributed by atoms with E-state index in [-0.39, 0.29) is 0 Å². The smallest absolute Gasteiger partial charge is 0.119 e. The molecule has 1 heterocycles. The van der Waals surface area contributed by atoms with Crippen LogP contribution in [0.4, 0.5) is 0 Å². The van der Waals surface area contributed by atoms with Crippen molar-refractivity contribution in [3.05, 3.63) is 30.5 Å². The molecule has 1 aliphatic carbocycles. The summed E-state index contributed by atoms with van der Waals surface area (Å²) in [5, 5.41) is 4.78. The van der Waals surface area contributed by atoms with E-state index in [2.05, 4.69) is 34.3 Å². The van der Waals surface area contributed by atoms with Crippen LogP contribution >= 0.6 is 0 Å². The fourth-order valence-electron chi connectivity index (χ4n) is 2.18. The molecule has 0 amide bonds. The Morgan fingerprint density at radius 3 is 3.00 bits per heavy atom. The molecule has 2 aromatic rings. The highest BCUT2D eigenvalue weighted by Gasteiger charge is 2.19. The van der Waals surface area contributed by atoms with Crippen LogP contribution < -0.4 is 10.1 Å². The highest BCUT2D eigenvalue weighted by molar-refractivity contribution is 5.81. The van der Waals surface area contributed by atoms with Crippen LogP contribution in [0.2, 0.25) is 0 Å². The van der Waals surface area contributed by atoms with Crippen molar-refractivity contribution >= 4 is 10.9 Å². The molecule has 1 aromatic carbocycles. The van der Waals surface area contributed by atoms with Gasteiger partial charge in [0.15, 0.2) is 0 Å². The van der Waals surface area contributed by atoms with Crippen molar-refractivity contribution in [2.75, 3.05) is 13.7 Å². The van der Waals surface area contributed by atoms with Crippen LogP contribution in [0.25, 0.3) is 10.9 Å². The van der Waals surface area contributed by atoms with Crippen LogP contribution in [0.5, 0.6) is 5.75 Å². The molecule has 0 unspecified atom stereocenters. The number of methoxy groups -OCH3 is 1. The maximum Gasteiger partial charge on any atom is 0.119 e. The maximum absolute atomic E-state index is 5.23. The SMILES string of the molecule is COc1ccc2c(ccn2CCNC2CC2)c1. The minimum atomic E-state index is 0.789. The first kappa shape index (κ1) is 10.7. The van der Waals surface area contributed by atoms with Crippen molar-refractivity contribution in [1.29, 1.82) is 0 Å². The molecule has 3 heteroatoms. The van der Waals surface area contributed by atoms with E-state index in [1.165, 1.54) is 23.7 Å². The molecule has 1 aliphatic rings. The van der Waals surface area contributed by atoms with Gasteiger partial charge in [-0.05, 0) is 37.1 Å². The van der Waals surface area contributed by atoms with Crippen molar-refractivity contribution in [2.45, 2.75) is 25.4 Å². The normalized spacial score (nSPS) is 15.4. The zero-order valence-electron chi connectivity index (χ0n) is 10.1. The Morgan fingerprint density at radius 1 is 1.35 bits per heavy atom. The van der Waals surface area contributed by atoms with Gasteiger partial charge in [-0.1, -0.05) is 0 Å². The predicted octanol–water partition coefficient (Wildman–Crippen LogP) is 2.40. The summed E-state index contributed by atoms with van der Waals surface area (Å²) in [5.74, 6) is 0.923. The Balaban J connectivity index is 1.74. The number of nitrogens with zero attached hydrogens (tertiary/aromatic N) is 1. The zero-order valence-corrected chi connectivity index (χ0v) is 10.1. The number of hydrogen-bond acceptors (Lipinski definition) is 2. The Morgan fingerprint density at radius 2 is 2.24 bits per heavy atom. The fraction of sp³-hybridized carbons (Fsp3) is 0.429. The molecule has 3 nitrogen and oxygen atoms in total. The summed E-state index contributed by atoms with van der Waals surface area (Å²) in [6, 6.07) is 9.17. The van der Waals surface area contributed by atoms with Gasteiger partial charge in [0.2, 0.25) is 0 Å². The van der Waals surface area contributed by atoms with Gasteiger partial charge in [-0.25, -0.2) is 0 Å². The van der Waals surface area contributed by atoms with Gasteiger partial charge in [-0.3, -0.25) is 0 Å². The van der Waals surface area contributed by atoms with Crippen LogP contribution in [0.3, 0.4) is 0 Å². The average Bonchev–Trinajstić information content (AvgIpc) is 3.10. The second-order valence-corrected chi connectivity index (χ2v) is 4.66. The lowest BCUT2D eigenvalue weighted by Gasteiger charge is -2.07. The van der Waals surface area contributed by atoms with Crippen molar-refractivity contribution in [1.82, 2.24) is 9.88 Å². The lowest BCUT2D eigenvalue weighted by atomic mass is 10.2. The van der Waals surface area contributed by atoms with Gasteiger partial charge < -0.3 is 14.6 Å². The molecule has 1 saturated carbocycles. The van der Waals surface area contributed by atoms with Crippen molar-refractivity contribution in [2.24, 2.45) is 0 Å². The van der Waals surface area contributed by atoms with Gasteiger partial charge in [0.05, 0.1) is 7.11 Å². The number of hydrogen-bond donors (Lipinski definition) is 1. The summed E-state index contributed by atoms with van der Waals surface area (Å²) in [6.07, 6.45) is 4.85. The number of rotatable bonds is 5. The number of benzene rings is 1. The molecule has 0 bridgehead atoms. The molecule has 90 valence electrons. The van der Waals surface area contributed by atoms with E-state index < -0.39 is 0 Å². The van der Waals surface area contributed by atoms with Crippen molar-refractivity contribution in [3.8, 4) is 5.75 Å². The molecule has 0 saturated heterocycles. The van der Waals surface area contributed by atoms with Gasteiger partial charge in [0, 0.05) is 36.2 Å². The van der Waals surface area contributed by atoms with Gasteiger partial charge >= 0.3 is 0 Å². The first-order valence-electron chi connectivity index (χ1n) is 6.23. The third kappa shape index (κ3) is 2.29. The largest absolute Gasteiger partial charge is 0.497 e. The van der Waals surface area contributed by atoms with E-state index in [0.717, 1.165) is 24.9 Å². The van der Waals surface area contributed by atoms with E-state index >= 15 is 0 Å². The first-order chi connectivity index (χ1) is 8.36. The Bertz CT molecular complexity index is 514. The molecular weight excluding hydrogens is 212 g/mol. The minimum Gasteiger partial charge on any atom is -0.497 e. The number of ether oxygens (including phenoxy) is 1. The molecule has 1 fully saturated rings. The topological polar surface area (TPSA) is 26.2 Å². The van der Waals surface area contributed by atoms with Gasteiger partial charge in [0.25, 0.3) is 0 Å². The van der Waals surface area contributed by atoms with E-state index in [0.29, 0.717) is 0 Å². The van der Waals surface area contributed by atoms with Crippen LogP contribution in [0.1, 0.15) is 12.8 Å². The summed E-state index contributed by atoms with van der Waals surface area (Å²) < 4.78 is 7.53. The standard InChI is InChI=1S/C14H18N2O/c1-17-13-4-5-14-11(10-13)6-8-16(14)9-7-15-12-2-3-12/h4-6,8,10,12,15H,2-3,7,9H2,1H3.